The van der Waals surface area contributed by atoms with Crippen molar-refractivity contribution in [3.05, 3.63) is 29.3 Å². The topological polar surface area (TPSA) is 130 Å². The molecule has 0 spiro atoms. The zero-order valence-electron chi connectivity index (χ0n) is 16.0. The maximum Gasteiger partial charge on any atom is 0.324 e. The van der Waals surface area contributed by atoms with Gasteiger partial charge in [0, 0.05) is 21.5 Å². The van der Waals surface area contributed by atoms with E-state index in [0.717, 1.165) is 0 Å². The molecule has 0 saturated heterocycles. The fraction of sp³-hybridized carbons (Fsp3) is 0.550. The van der Waals surface area contributed by atoms with Gasteiger partial charge in [0.05, 0.1) is 11.8 Å². The third kappa shape index (κ3) is 2.29. The molecule has 3 rings (SSSR count). The van der Waals surface area contributed by atoms with E-state index in [-0.39, 0.29) is 0 Å². The van der Waals surface area contributed by atoms with Crippen molar-refractivity contribution in [3.8, 4) is 0 Å². The van der Waals surface area contributed by atoms with E-state index in [1.165, 1.54) is 0 Å². The molecule has 5 unspecified atom stereocenters. The smallest absolute Gasteiger partial charge is 0.324 e. The van der Waals surface area contributed by atoms with E-state index >= 15 is 0 Å². The Balaban J connectivity index is 2.11. The number of halogens is 1. The third-order valence-corrected chi connectivity index (χ3v) is 7.65. The quantitative estimate of drug-likeness (QED) is 0.572. The highest BCUT2D eigenvalue weighted by atomic mass is 35.5. The lowest BCUT2D eigenvalue weighted by Gasteiger charge is -2.48. The van der Waals surface area contributed by atoms with Gasteiger partial charge in [-0.3, -0.25) is 14.4 Å². The van der Waals surface area contributed by atoms with Crippen LogP contribution in [0, 0.1) is 28.6 Å². The van der Waals surface area contributed by atoms with Gasteiger partial charge in [0.2, 0.25) is 5.91 Å². The minimum absolute atomic E-state index is 0.346. The molecule has 0 aliphatic heterocycles. The van der Waals surface area contributed by atoms with E-state index in [9.17, 15) is 24.6 Å². The summed E-state index contributed by atoms with van der Waals surface area (Å²) in [4.78, 5) is 37.5. The number of hydrogen-bond donors (Lipinski definition) is 4. The predicted molar refractivity (Wildman–Crippen MR) is 104 cm³/mol. The second kappa shape index (κ2) is 6.46. The molecule has 0 heterocycles. The Morgan fingerprint density at radius 2 is 1.79 bits per heavy atom. The first-order valence-corrected chi connectivity index (χ1v) is 9.72. The molecular weight excluding hydrogens is 384 g/mol. The van der Waals surface area contributed by atoms with E-state index in [0.29, 0.717) is 23.6 Å². The van der Waals surface area contributed by atoms with Crippen LogP contribution < -0.4 is 11.1 Å². The summed E-state index contributed by atoms with van der Waals surface area (Å²) in [7, 11) is 0. The molecule has 2 saturated carbocycles. The highest BCUT2D eigenvalue weighted by Gasteiger charge is 2.89. The van der Waals surface area contributed by atoms with Crippen LogP contribution in [0.2, 0.25) is 5.02 Å². The summed E-state index contributed by atoms with van der Waals surface area (Å²) < 4.78 is 0. The van der Waals surface area contributed by atoms with E-state index < -0.39 is 52.0 Å². The summed E-state index contributed by atoms with van der Waals surface area (Å²) in [5.74, 6) is -5.26. The van der Waals surface area contributed by atoms with E-state index in [4.69, 9.17) is 17.3 Å². The Hall–Kier alpha value is -2.12. The summed E-state index contributed by atoms with van der Waals surface area (Å²) in [5, 5.41) is 23.0. The first-order chi connectivity index (χ1) is 13.0. The lowest BCUT2D eigenvalue weighted by Crippen LogP contribution is -2.66. The van der Waals surface area contributed by atoms with Crippen LogP contribution in [0.3, 0.4) is 0 Å². The van der Waals surface area contributed by atoms with Gasteiger partial charge >= 0.3 is 11.9 Å². The number of amides is 1. The highest BCUT2D eigenvalue weighted by Crippen LogP contribution is 2.80. The summed E-state index contributed by atoms with van der Waals surface area (Å²) >= 11 is 5.98. The van der Waals surface area contributed by atoms with Gasteiger partial charge in [-0.05, 0) is 37.0 Å². The number of nitrogens with two attached hydrogens (primary N) is 1. The molecule has 1 aromatic carbocycles. The van der Waals surface area contributed by atoms with E-state index in [1.807, 2.05) is 0 Å². The Kier molecular flexibility index (Phi) is 4.75. The molecule has 5 N–H and O–H groups in total. The molecule has 28 heavy (non-hydrogen) atoms. The van der Waals surface area contributed by atoms with Gasteiger partial charge in [-0.2, -0.15) is 0 Å². The first-order valence-electron chi connectivity index (χ1n) is 9.34. The zero-order valence-corrected chi connectivity index (χ0v) is 16.8. The van der Waals surface area contributed by atoms with Crippen LogP contribution in [-0.4, -0.2) is 33.6 Å². The second-order valence-electron chi connectivity index (χ2n) is 8.08. The summed E-state index contributed by atoms with van der Waals surface area (Å²) in [6, 6.07) is 6.61. The molecule has 7 nitrogen and oxygen atoms in total. The molecule has 2 fully saturated rings. The highest BCUT2D eigenvalue weighted by molar-refractivity contribution is 6.30. The number of nitrogens with one attached hydrogen (secondary N) is 1. The zero-order chi connectivity index (χ0) is 21.1. The monoisotopic (exact) mass is 408 g/mol. The predicted octanol–water partition coefficient (Wildman–Crippen LogP) is 2.83. The van der Waals surface area contributed by atoms with Crippen LogP contribution in [0.15, 0.2) is 24.3 Å². The standard InChI is InChI=1S/C20H25ClN2O5/c1-4-19(5-2)13(15(24)23-11-8-6-7-10(21)9-11)12-14(16(25)26)18(12,3)20(19,22)17(27)28/h6-9,12-14H,4-5,22H2,1-3H3,(H,23,24)(H,25,26)(H,27,28). The van der Waals surface area contributed by atoms with E-state index in [1.54, 1.807) is 45.0 Å². The molecule has 1 amide bonds. The van der Waals surface area contributed by atoms with Crippen molar-refractivity contribution < 1.29 is 24.6 Å². The van der Waals surface area contributed by atoms with E-state index in [2.05, 4.69) is 5.32 Å². The van der Waals surface area contributed by atoms with Crippen LogP contribution in [0.4, 0.5) is 5.69 Å². The minimum Gasteiger partial charge on any atom is -0.481 e. The van der Waals surface area contributed by atoms with Crippen molar-refractivity contribution in [2.75, 3.05) is 5.32 Å². The number of aliphatic carboxylic acids is 2. The SMILES string of the molecule is CCC1(CC)C(C(=O)Nc2cccc(Cl)c2)C2C(C(=O)O)C2(C)C1(N)C(=O)O. The van der Waals surface area contributed by atoms with Crippen LogP contribution in [0.1, 0.15) is 33.6 Å². The number of hydrogen-bond acceptors (Lipinski definition) is 4. The lowest BCUT2D eigenvalue weighted by molar-refractivity contribution is -0.157. The summed E-state index contributed by atoms with van der Waals surface area (Å²) in [6.45, 7) is 5.20. The fourth-order valence-corrected chi connectivity index (χ4v) is 6.21. The van der Waals surface area contributed by atoms with Gasteiger partial charge in [-0.1, -0.05) is 38.4 Å². The molecule has 0 aromatic heterocycles. The molecule has 5 atom stereocenters. The number of fused-ring (bicyclic) bond motifs is 1. The van der Waals surface area contributed by atoms with Crippen LogP contribution in [0.25, 0.3) is 0 Å². The van der Waals surface area contributed by atoms with Crippen LogP contribution >= 0.6 is 11.6 Å². The Bertz CT molecular complexity index is 855. The van der Waals surface area contributed by atoms with Gasteiger partial charge in [0.1, 0.15) is 5.54 Å². The van der Waals surface area contributed by atoms with Gasteiger partial charge in [0.15, 0.2) is 0 Å². The maximum atomic E-state index is 13.3. The minimum atomic E-state index is -1.83. The number of carboxylic acids is 2. The largest absolute Gasteiger partial charge is 0.481 e. The molecule has 2 aliphatic carbocycles. The van der Waals surface area contributed by atoms with Crippen molar-refractivity contribution in [1.82, 2.24) is 0 Å². The number of carboxylic acid groups (broad SMARTS) is 2. The molecule has 1 aromatic rings. The Morgan fingerprint density at radius 3 is 2.25 bits per heavy atom. The Morgan fingerprint density at radius 1 is 1.18 bits per heavy atom. The average molecular weight is 409 g/mol. The normalized spacial score (nSPS) is 35.1. The molecular formula is C20H25ClN2O5. The first kappa shape index (κ1) is 20.6. The number of carbonyl (C=O) groups excluding carboxylic acids is 1. The van der Waals surface area contributed by atoms with Crippen molar-refractivity contribution >= 4 is 35.1 Å². The fourth-order valence-electron chi connectivity index (χ4n) is 6.02. The van der Waals surface area contributed by atoms with Crippen molar-refractivity contribution in [3.63, 3.8) is 0 Å². The molecule has 0 bridgehead atoms. The number of rotatable bonds is 6. The third-order valence-electron chi connectivity index (χ3n) is 7.42. The Labute approximate surface area is 168 Å². The summed E-state index contributed by atoms with van der Waals surface area (Å²) in [5.41, 5.74) is 2.91. The molecule has 8 heteroatoms. The van der Waals surface area contributed by atoms with Crippen molar-refractivity contribution in [1.29, 1.82) is 0 Å². The number of anilines is 1. The molecule has 2 aliphatic rings. The van der Waals surface area contributed by atoms with Crippen LogP contribution in [0.5, 0.6) is 0 Å². The summed E-state index contributed by atoms with van der Waals surface area (Å²) in [6.07, 6.45) is 0.691. The lowest BCUT2D eigenvalue weighted by atomic mass is 9.57. The van der Waals surface area contributed by atoms with Gasteiger partial charge in [-0.25, -0.2) is 0 Å². The average Bonchev–Trinajstić information content (AvgIpc) is 3.20. The molecule has 152 valence electrons. The van der Waals surface area contributed by atoms with Gasteiger partial charge in [-0.15, -0.1) is 0 Å². The number of benzene rings is 1. The number of carbonyl (C=O) groups is 3. The van der Waals surface area contributed by atoms with Crippen LogP contribution in [-0.2, 0) is 14.4 Å². The van der Waals surface area contributed by atoms with Crippen molar-refractivity contribution in [2.24, 2.45) is 34.3 Å². The van der Waals surface area contributed by atoms with Gasteiger partial charge in [0.25, 0.3) is 0 Å². The van der Waals surface area contributed by atoms with Crippen molar-refractivity contribution in [2.45, 2.75) is 39.2 Å². The molecule has 0 radical (unpaired) electrons. The van der Waals surface area contributed by atoms with Gasteiger partial charge < -0.3 is 21.3 Å². The maximum absolute atomic E-state index is 13.3. The second-order valence-corrected chi connectivity index (χ2v) is 8.51.